The Morgan fingerprint density at radius 1 is 0.857 bits per heavy atom. The maximum Gasteiger partial charge on any atom is 0.332 e. The molecule has 0 heterocycles. The van der Waals surface area contributed by atoms with Crippen LogP contribution in [-0.2, 0) is 9.53 Å². The van der Waals surface area contributed by atoms with Crippen molar-refractivity contribution < 1.29 is 14.6 Å². The number of aliphatic carboxylic acids is 1. The van der Waals surface area contributed by atoms with Crippen molar-refractivity contribution in [3.05, 3.63) is 0 Å². The Morgan fingerprint density at radius 3 is 1.90 bits per heavy atom. The molecule has 0 aliphatic heterocycles. The lowest BCUT2D eigenvalue weighted by Gasteiger charge is -2.19. The molecule has 0 bridgehead atoms. The number of rotatable bonds is 15. The van der Waals surface area contributed by atoms with Gasteiger partial charge in [-0.1, -0.05) is 78.1 Å². The summed E-state index contributed by atoms with van der Waals surface area (Å²) in [6.07, 6.45) is 13.4. The van der Waals surface area contributed by atoms with Gasteiger partial charge in [0.15, 0.2) is 6.10 Å². The van der Waals surface area contributed by atoms with Gasteiger partial charge in [0.25, 0.3) is 0 Å². The minimum absolute atomic E-state index is 0.0584. The fourth-order valence-corrected chi connectivity index (χ4v) is 2.55. The molecule has 0 amide bonds. The number of hydrogen-bond donors (Lipinski definition) is 1. The molecule has 0 aromatic rings. The van der Waals surface area contributed by atoms with Gasteiger partial charge in [-0.2, -0.15) is 0 Å². The average Bonchev–Trinajstić information content (AvgIpc) is 2.46. The third kappa shape index (κ3) is 12.9. The van der Waals surface area contributed by atoms with Gasteiger partial charge in [0, 0.05) is 0 Å². The van der Waals surface area contributed by atoms with Gasteiger partial charge in [-0.05, 0) is 19.8 Å². The number of hydrogen-bond acceptors (Lipinski definition) is 2. The molecule has 0 aromatic carbocycles. The van der Waals surface area contributed by atoms with E-state index in [-0.39, 0.29) is 6.10 Å². The second kappa shape index (κ2) is 14.4. The highest BCUT2D eigenvalue weighted by molar-refractivity contribution is 5.72. The quantitative estimate of drug-likeness (QED) is 0.402. The fourth-order valence-electron chi connectivity index (χ4n) is 2.55. The zero-order valence-electron chi connectivity index (χ0n) is 14.4. The number of carbonyl (C=O) groups is 1. The van der Waals surface area contributed by atoms with Crippen LogP contribution in [-0.4, -0.2) is 23.3 Å². The van der Waals surface area contributed by atoms with Crippen LogP contribution in [0, 0.1) is 0 Å². The molecule has 3 nitrogen and oxygen atoms in total. The number of ether oxygens (including phenoxy) is 1. The predicted octanol–water partition coefficient (Wildman–Crippen LogP) is 5.57. The highest BCUT2D eigenvalue weighted by Crippen LogP contribution is 2.14. The third-order valence-corrected chi connectivity index (χ3v) is 3.96. The first-order valence-electron chi connectivity index (χ1n) is 9.00. The average molecular weight is 300 g/mol. The van der Waals surface area contributed by atoms with Crippen molar-refractivity contribution in [1.29, 1.82) is 0 Å². The van der Waals surface area contributed by atoms with Crippen LogP contribution in [0.5, 0.6) is 0 Å². The van der Waals surface area contributed by atoms with Crippen molar-refractivity contribution in [2.75, 3.05) is 0 Å². The Morgan fingerprint density at radius 2 is 1.38 bits per heavy atom. The van der Waals surface area contributed by atoms with E-state index in [2.05, 4.69) is 13.8 Å². The summed E-state index contributed by atoms with van der Waals surface area (Å²) in [7, 11) is 0. The van der Waals surface area contributed by atoms with Crippen molar-refractivity contribution >= 4 is 5.97 Å². The first kappa shape index (κ1) is 20.4. The van der Waals surface area contributed by atoms with Gasteiger partial charge >= 0.3 is 5.97 Å². The maximum absolute atomic E-state index is 11.1. The molecule has 0 spiro atoms. The van der Waals surface area contributed by atoms with Gasteiger partial charge in [-0.25, -0.2) is 4.79 Å². The lowest BCUT2D eigenvalue weighted by Crippen LogP contribution is -2.28. The van der Waals surface area contributed by atoms with E-state index >= 15 is 0 Å². The molecular weight excluding hydrogens is 264 g/mol. The standard InChI is InChI=1S/C18H36O3/c1-4-6-8-9-10-11-12-13-14-16(3)21-17(18(19)20)15-7-5-2/h16-17H,4-15H2,1-3H3,(H,19,20). The van der Waals surface area contributed by atoms with E-state index < -0.39 is 12.1 Å². The summed E-state index contributed by atoms with van der Waals surface area (Å²) in [5, 5.41) is 9.14. The minimum Gasteiger partial charge on any atom is -0.479 e. The van der Waals surface area contributed by atoms with Crippen LogP contribution < -0.4 is 0 Å². The van der Waals surface area contributed by atoms with E-state index in [4.69, 9.17) is 9.84 Å². The van der Waals surface area contributed by atoms with Gasteiger partial charge in [-0.15, -0.1) is 0 Å². The molecule has 0 aliphatic carbocycles. The second-order valence-corrected chi connectivity index (χ2v) is 6.18. The molecule has 21 heavy (non-hydrogen) atoms. The topological polar surface area (TPSA) is 46.5 Å². The highest BCUT2D eigenvalue weighted by atomic mass is 16.5. The van der Waals surface area contributed by atoms with E-state index in [1.165, 1.54) is 44.9 Å². The van der Waals surface area contributed by atoms with Gasteiger partial charge < -0.3 is 9.84 Å². The van der Waals surface area contributed by atoms with Crippen molar-refractivity contribution in [3.8, 4) is 0 Å². The molecule has 0 rings (SSSR count). The van der Waals surface area contributed by atoms with Gasteiger partial charge in [0.2, 0.25) is 0 Å². The zero-order valence-corrected chi connectivity index (χ0v) is 14.4. The van der Waals surface area contributed by atoms with Crippen molar-refractivity contribution in [2.24, 2.45) is 0 Å². The summed E-state index contributed by atoms with van der Waals surface area (Å²) in [5.41, 5.74) is 0. The largest absolute Gasteiger partial charge is 0.479 e. The van der Waals surface area contributed by atoms with Gasteiger partial charge in [-0.3, -0.25) is 0 Å². The van der Waals surface area contributed by atoms with Crippen LogP contribution in [0.15, 0.2) is 0 Å². The van der Waals surface area contributed by atoms with Crippen molar-refractivity contribution in [2.45, 2.75) is 110 Å². The van der Waals surface area contributed by atoms with Crippen LogP contribution in [0.4, 0.5) is 0 Å². The molecule has 0 aliphatic rings. The highest BCUT2D eigenvalue weighted by Gasteiger charge is 2.19. The van der Waals surface area contributed by atoms with Gasteiger partial charge in [0.1, 0.15) is 0 Å². The molecule has 0 saturated carbocycles. The normalized spacial score (nSPS) is 14.0. The SMILES string of the molecule is CCCCCCCCCCC(C)OC(CCCC)C(=O)O. The lowest BCUT2D eigenvalue weighted by atomic mass is 10.1. The number of carboxylic acid groups (broad SMARTS) is 1. The smallest absolute Gasteiger partial charge is 0.332 e. The summed E-state index contributed by atoms with van der Waals surface area (Å²) in [6.45, 7) is 6.32. The zero-order chi connectivity index (χ0) is 15.9. The monoisotopic (exact) mass is 300 g/mol. The van der Waals surface area contributed by atoms with Gasteiger partial charge in [0.05, 0.1) is 6.10 Å². The Balaban J connectivity index is 3.59. The van der Waals surface area contributed by atoms with E-state index in [9.17, 15) is 4.79 Å². The molecule has 3 heteroatoms. The fraction of sp³-hybridized carbons (Fsp3) is 0.944. The molecule has 0 saturated heterocycles. The van der Waals surface area contributed by atoms with Crippen LogP contribution in [0.1, 0.15) is 97.8 Å². The number of carboxylic acids is 1. The van der Waals surface area contributed by atoms with Crippen LogP contribution in [0.25, 0.3) is 0 Å². The number of unbranched alkanes of at least 4 members (excludes halogenated alkanes) is 8. The van der Waals surface area contributed by atoms with E-state index in [1.807, 2.05) is 6.92 Å². The van der Waals surface area contributed by atoms with Crippen molar-refractivity contribution in [3.63, 3.8) is 0 Å². The molecule has 0 radical (unpaired) electrons. The van der Waals surface area contributed by atoms with Crippen LogP contribution in [0.2, 0.25) is 0 Å². The Labute approximate surface area is 131 Å². The van der Waals surface area contributed by atoms with Crippen molar-refractivity contribution in [1.82, 2.24) is 0 Å². The van der Waals surface area contributed by atoms with Crippen LogP contribution in [0.3, 0.4) is 0 Å². The van der Waals surface area contributed by atoms with E-state index in [0.717, 1.165) is 25.7 Å². The molecule has 0 aromatic heterocycles. The van der Waals surface area contributed by atoms with E-state index in [1.54, 1.807) is 0 Å². The minimum atomic E-state index is -0.814. The summed E-state index contributed by atoms with van der Waals surface area (Å²) >= 11 is 0. The lowest BCUT2D eigenvalue weighted by molar-refractivity contribution is -0.154. The summed E-state index contributed by atoms with van der Waals surface area (Å²) in [4.78, 5) is 11.1. The molecule has 2 atom stereocenters. The first-order chi connectivity index (χ1) is 10.1. The predicted molar refractivity (Wildman–Crippen MR) is 88.7 cm³/mol. The maximum atomic E-state index is 11.1. The summed E-state index contributed by atoms with van der Waals surface area (Å²) in [6, 6.07) is 0. The first-order valence-corrected chi connectivity index (χ1v) is 9.00. The molecule has 1 N–H and O–H groups in total. The van der Waals surface area contributed by atoms with Crippen LogP contribution >= 0.6 is 0 Å². The molecule has 2 unspecified atom stereocenters. The molecule has 126 valence electrons. The Bertz CT molecular complexity index is 241. The molecule has 0 fully saturated rings. The second-order valence-electron chi connectivity index (χ2n) is 6.18. The molecular formula is C18H36O3. The van der Waals surface area contributed by atoms with E-state index in [0.29, 0.717) is 6.42 Å². The Kier molecular flexibility index (Phi) is 14.0. The summed E-state index contributed by atoms with van der Waals surface area (Å²) in [5.74, 6) is -0.814. The summed E-state index contributed by atoms with van der Waals surface area (Å²) < 4.78 is 5.67. The Hall–Kier alpha value is -0.570. The third-order valence-electron chi connectivity index (χ3n) is 3.96.